The van der Waals surface area contributed by atoms with Crippen molar-refractivity contribution >= 4 is 18.0 Å². The van der Waals surface area contributed by atoms with Crippen LogP contribution in [0.4, 0.5) is 4.79 Å². The maximum atomic E-state index is 11.5. The average Bonchev–Trinajstić information content (AvgIpc) is 2.44. The van der Waals surface area contributed by atoms with Crippen LogP contribution in [-0.2, 0) is 16.1 Å². The van der Waals surface area contributed by atoms with Gasteiger partial charge in [-0.3, -0.25) is 5.41 Å². The summed E-state index contributed by atoms with van der Waals surface area (Å²) in [5.74, 6) is -1.44. The first-order chi connectivity index (χ1) is 9.99. The number of amides is 1. The van der Waals surface area contributed by atoms with Crippen molar-refractivity contribution in [3.63, 3.8) is 0 Å². The number of guanidine groups is 1. The SMILES string of the molecule is N=C(N)NCCC(NC(=O)OCc1ccccc1)C(=O)O. The zero-order valence-corrected chi connectivity index (χ0v) is 11.3. The maximum Gasteiger partial charge on any atom is 0.408 e. The third-order valence-corrected chi connectivity index (χ3v) is 2.55. The number of ether oxygens (including phenoxy) is 1. The first-order valence-electron chi connectivity index (χ1n) is 6.27. The zero-order valence-electron chi connectivity index (χ0n) is 11.3. The molecule has 0 fully saturated rings. The van der Waals surface area contributed by atoms with Crippen LogP contribution in [0.2, 0.25) is 0 Å². The summed E-state index contributed by atoms with van der Waals surface area (Å²) < 4.78 is 4.94. The summed E-state index contributed by atoms with van der Waals surface area (Å²) in [5.41, 5.74) is 5.88. The molecule has 0 heterocycles. The van der Waals surface area contributed by atoms with Gasteiger partial charge in [0.2, 0.25) is 0 Å². The lowest BCUT2D eigenvalue weighted by Crippen LogP contribution is -2.43. The highest BCUT2D eigenvalue weighted by Gasteiger charge is 2.20. The number of nitrogens with one attached hydrogen (secondary N) is 3. The van der Waals surface area contributed by atoms with Gasteiger partial charge in [-0.15, -0.1) is 0 Å². The predicted molar refractivity (Wildman–Crippen MR) is 75.7 cm³/mol. The fourth-order valence-electron chi connectivity index (χ4n) is 1.52. The number of carboxylic acid groups (broad SMARTS) is 1. The Kier molecular flexibility index (Phi) is 6.52. The second-order valence-electron chi connectivity index (χ2n) is 4.23. The van der Waals surface area contributed by atoms with Crippen LogP contribution in [-0.4, -0.2) is 35.7 Å². The highest BCUT2D eigenvalue weighted by molar-refractivity contribution is 5.80. The lowest BCUT2D eigenvalue weighted by Gasteiger charge is -2.15. The van der Waals surface area contributed by atoms with E-state index in [2.05, 4.69) is 10.6 Å². The number of carbonyl (C=O) groups excluding carboxylic acids is 1. The van der Waals surface area contributed by atoms with Crippen molar-refractivity contribution in [3.8, 4) is 0 Å². The monoisotopic (exact) mass is 294 g/mol. The molecular weight excluding hydrogens is 276 g/mol. The van der Waals surface area contributed by atoms with Crippen molar-refractivity contribution in [2.24, 2.45) is 5.73 Å². The number of hydrogen-bond donors (Lipinski definition) is 5. The molecule has 1 aromatic carbocycles. The Hall–Kier alpha value is -2.77. The van der Waals surface area contributed by atoms with Crippen LogP contribution in [0.15, 0.2) is 30.3 Å². The van der Waals surface area contributed by atoms with E-state index in [4.69, 9.17) is 21.0 Å². The molecule has 1 unspecified atom stereocenters. The standard InChI is InChI=1S/C13H18N4O4/c14-12(15)16-7-6-10(11(18)19)17-13(20)21-8-9-4-2-1-3-5-9/h1-5,10H,6-8H2,(H,17,20)(H,18,19)(H4,14,15,16). The summed E-state index contributed by atoms with van der Waals surface area (Å²) in [5, 5.41) is 20.7. The summed E-state index contributed by atoms with van der Waals surface area (Å²) in [4.78, 5) is 22.5. The number of alkyl carbamates (subject to hydrolysis) is 1. The zero-order chi connectivity index (χ0) is 15.7. The third kappa shape index (κ3) is 6.81. The Balaban J connectivity index is 2.38. The van der Waals surface area contributed by atoms with Gasteiger partial charge in [-0.2, -0.15) is 0 Å². The van der Waals surface area contributed by atoms with Crippen LogP contribution in [0.3, 0.4) is 0 Å². The molecule has 0 radical (unpaired) electrons. The average molecular weight is 294 g/mol. The number of carboxylic acids is 1. The van der Waals surface area contributed by atoms with Gasteiger partial charge in [-0.05, 0) is 12.0 Å². The molecule has 21 heavy (non-hydrogen) atoms. The number of benzene rings is 1. The first kappa shape index (κ1) is 16.3. The van der Waals surface area contributed by atoms with Crippen molar-refractivity contribution in [1.82, 2.24) is 10.6 Å². The van der Waals surface area contributed by atoms with Crippen LogP contribution in [0, 0.1) is 5.41 Å². The molecule has 0 aliphatic rings. The molecule has 6 N–H and O–H groups in total. The maximum absolute atomic E-state index is 11.5. The minimum atomic E-state index is -1.18. The van der Waals surface area contributed by atoms with Gasteiger partial charge in [0, 0.05) is 6.54 Å². The van der Waals surface area contributed by atoms with E-state index in [1.54, 1.807) is 12.1 Å². The number of hydrogen-bond acceptors (Lipinski definition) is 4. The molecule has 0 saturated carbocycles. The lowest BCUT2D eigenvalue weighted by molar-refractivity contribution is -0.139. The quantitative estimate of drug-likeness (QED) is 0.361. The lowest BCUT2D eigenvalue weighted by atomic mass is 10.2. The van der Waals surface area contributed by atoms with E-state index >= 15 is 0 Å². The topological polar surface area (TPSA) is 138 Å². The van der Waals surface area contributed by atoms with Gasteiger partial charge in [0.15, 0.2) is 5.96 Å². The van der Waals surface area contributed by atoms with Crippen molar-refractivity contribution in [2.75, 3.05) is 6.54 Å². The van der Waals surface area contributed by atoms with E-state index < -0.39 is 18.1 Å². The van der Waals surface area contributed by atoms with Gasteiger partial charge in [0.25, 0.3) is 0 Å². The summed E-state index contributed by atoms with van der Waals surface area (Å²) in [6.07, 6.45) is -0.732. The fraction of sp³-hybridized carbons (Fsp3) is 0.308. The highest BCUT2D eigenvalue weighted by atomic mass is 16.5. The smallest absolute Gasteiger partial charge is 0.408 e. The molecular formula is C13H18N4O4. The van der Waals surface area contributed by atoms with Gasteiger partial charge < -0.3 is 26.2 Å². The first-order valence-corrected chi connectivity index (χ1v) is 6.27. The molecule has 0 bridgehead atoms. The second-order valence-corrected chi connectivity index (χ2v) is 4.23. The molecule has 8 nitrogen and oxygen atoms in total. The largest absolute Gasteiger partial charge is 0.480 e. The number of nitrogens with two attached hydrogens (primary N) is 1. The Labute approximate surface area is 121 Å². The van der Waals surface area contributed by atoms with Crippen molar-refractivity contribution in [3.05, 3.63) is 35.9 Å². The van der Waals surface area contributed by atoms with E-state index in [1.165, 1.54) is 0 Å². The molecule has 0 aliphatic heterocycles. The number of carbonyl (C=O) groups is 2. The summed E-state index contributed by atoms with van der Waals surface area (Å²) >= 11 is 0. The number of rotatable bonds is 7. The molecule has 1 amide bonds. The van der Waals surface area contributed by atoms with E-state index in [1.807, 2.05) is 18.2 Å². The van der Waals surface area contributed by atoms with Gasteiger partial charge in [-0.1, -0.05) is 30.3 Å². The van der Waals surface area contributed by atoms with Crippen LogP contribution in [0.25, 0.3) is 0 Å². The van der Waals surface area contributed by atoms with Crippen LogP contribution >= 0.6 is 0 Å². The number of aliphatic carboxylic acids is 1. The molecule has 0 aromatic heterocycles. The van der Waals surface area contributed by atoms with Crippen molar-refractivity contribution in [2.45, 2.75) is 19.1 Å². The van der Waals surface area contributed by atoms with Crippen molar-refractivity contribution < 1.29 is 19.4 Å². The van der Waals surface area contributed by atoms with Crippen LogP contribution < -0.4 is 16.4 Å². The Morgan fingerprint density at radius 1 is 1.33 bits per heavy atom. The van der Waals surface area contributed by atoms with Gasteiger partial charge in [0.05, 0.1) is 0 Å². The predicted octanol–water partition coefficient (Wildman–Crippen LogP) is 0.239. The highest BCUT2D eigenvalue weighted by Crippen LogP contribution is 2.01. The molecule has 1 rings (SSSR count). The molecule has 1 aromatic rings. The fourth-order valence-corrected chi connectivity index (χ4v) is 1.52. The molecule has 8 heteroatoms. The Bertz CT molecular complexity index is 492. The minimum Gasteiger partial charge on any atom is -0.480 e. The van der Waals surface area contributed by atoms with E-state index in [9.17, 15) is 9.59 Å². The van der Waals surface area contributed by atoms with E-state index in [0.717, 1.165) is 5.56 Å². The minimum absolute atomic E-state index is 0.0602. The summed E-state index contributed by atoms with van der Waals surface area (Å²) in [7, 11) is 0. The summed E-state index contributed by atoms with van der Waals surface area (Å²) in [6.45, 7) is 0.218. The van der Waals surface area contributed by atoms with Gasteiger partial charge >= 0.3 is 12.1 Å². The third-order valence-electron chi connectivity index (χ3n) is 2.55. The van der Waals surface area contributed by atoms with E-state index in [0.29, 0.717) is 0 Å². The summed E-state index contributed by atoms with van der Waals surface area (Å²) in [6, 6.07) is 7.93. The van der Waals surface area contributed by atoms with E-state index in [-0.39, 0.29) is 25.5 Å². The van der Waals surface area contributed by atoms with Gasteiger partial charge in [-0.25, -0.2) is 9.59 Å². The van der Waals surface area contributed by atoms with Crippen LogP contribution in [0.5, 0.6) is 0 Å². The van der Waals surface area contributed by atoms with Gasteiger partial charge in [0.1, 0.15) is 12.6 Å². The van der Waals surface area contributed by atoms with Crippen LogP contribution in [0.1, 0.15) is 12.0 Å². The molecule has 0 spiro atoms. The van der Waals surface area contributed by atoms with Crippen molar-refractivity contribution in [1.29, 1.82) is 5.41 Å². The Morgan fingerprint density at radius 2 is 2.00 bits per heavy atom. The molecule has 0 aliphatic carbocycles. The molecule has 0 saturated heterocycles. The molecule has 1 atom stereocenters. The second kappa shape index (κ2) is 8.41. The Morgan fingerprint density at radius 3 is 2.57 bits per heavy atom. The molecule has 114 valence electrons. The normalized spacial score (nSPS) is 11.2.